The number of anilines is 1. The first kappa shape index (κ1) is 18.4. The second-order valence-corrected chi connectivity index (χ2v) is 5.62. The Hall–Kier alpha value is -1.66. The molecule has 0 heterocycles. The third-order valence-electron chi connectivity index (χ3n) is 3.33. The summed E-state index contributed by atoms with van der Waals surface area (Å²) in [5.74, 6) is -0.848. The molecule has 0 aliphatic heterocycles. The number of rotatable bonds is 7. The second-order valence-electron chi connectivity index (χ2n) is 5.21. The van der Waals surface area contributed by atoms with Crippen molar-refractivity contribution in [3.8, 4) is 0 Å². The highest BCUT2D eigenvalue weighted by Gasteiger charge is 2.24. The molecule has 0 aliphatic carbocycles. The Morgan fingerprint density at radius 3 is 2.68 bits per heavy atom. The van der Waals surface area contributed by atoms with Crippen molar-refractivity contribution in [3.05, 3.63) is 29.0 Å². The minimum absolute atomic E-state index is 0.0983. The van der Waals surface area contributed by atoms with E-state index >= 15 is 0 Å². The van der Waals surface area contributed by atoms with Gasteiger partial charge in [0.15, 0.2) is 12.6 Å². The smallest absolute Gasteiger partial charge is 0.282 e. The molecule has 0 saturated heterocycles. The lowest BCUT2D eigenvalue weighted by Crippen LogP contribution is -3.15. The predicted octanol–water partition coefficient (Wildman–Crippen LogP) is 0.847. The van der Waals surface area contributed by atoms with Gasteiger partial charge in [-0.1, -0.05) is 18.5 Å². The number of amides is 2. The van der Waals surface area contributed by atoms with E-state index in [4.69, 9.17) is 11.6 Å². The van der Waals surface area contributed by atoms with Gasteiger partial charge in [-0.05, 0) is 31.5 Å². The number of hydrogen-bond donors (Lipinski definition) is 3. The van der Waals surface area contributed by atoms with Gasteiger partial charge < -0.3 is 15.5 Å². The maximum Gasteiger partial charge on any atom is 0.282 e. The number of likely N-dealkylation sites (N-methyl/N-ethyl adjacent to an activating group) is 1. The molecule has 0 bridgehead atoms. The highest BCUT2D eigenvalue weighted by Crippen LogP contribution is 2.22. The van der Waals surface area contributed by atoms with Gasteiger partial charge in [0.1, 0.15) is 5.82 Å². The lowest BCUT2D eigenvalue weighted by molar-refractivity contribution is -0.885. The average molecular weight is 331 g/mol. The molecule has 2 atom stereocenters. The van der Waals surface area contributed by atoms with Crippen LogP contribution in [0.3, 0.4) is 0 Å². The molecule has 3 N–H and O–H groups in total. The van der Waals surface area contributed by atoms with Crippen LogP contribution in [0.5, 0.6) is 0 Å². The Bertz CT molecular complexity index is 540. The standard InChI is InChI=1S/C15H21ClFN3O2/c1-4-7-18-14(21)9-20(3)10(2)15(22)19-13-6-5-11(17)8-12(13)16/h5-6,8,10H,4,7,9H2,1-3H3,(H,18,21)(H,19,22)/p+1/t10-/m1/s1. The maximum atomic E-state index is 13.0. The molecule has 1 rings (SSSR count). The lowest BCUT2D eigenvalue weighted by atomic mass is 10.2. The molecule has 1 unspecified atom stereocenters. The topological polar surface area (TPSA) is 62.6 Å². The Morgan fingerprint density at radius 1 is 1.41 bits per heavy atom. The first-order chi connectivity index (χ1) is 10.3. The predicted molar refractivity (Wildman–Crippen MR) is 84.6 cm³/mol. The summed E-state index contributed by atoms with van der Waals surface area (Å²) in [6.07, 6.45) is 0.865. The van der Waals surface area contributed by atoms with Gasteiger partial charge in [0.25, 0.3) is 11.8 Å². The molecule has 0 aliphatic rings. The fraction of sp³-hybridized carbons (Fsp3) is 0.467. The molecule has 1 aromatic rings. The van der Waals surface area contributed by atoms with Crippen LogP contribution in [-0.4, -0.2) is 38.0 Å². The number of nitrogens with one attached hydrogen (secondary N) is 3. The number of benzene rings is 1. The van der Waals surface area contributed by atoms with Crippen LogP contribution in [0.1, 0.15) is 20.3 Å². The van der Waals surface area contributed by atoms with Crippen molar-refractivity contribution < 1.29 is 18.9 Å². The zero-order valence-electron chi connectivity index (χ0n) is 13.0. The molecule has 122 valence electrons. The SMILES string of the molecule is CCCNC(=O)C[NH+](C)[C@H](C)C(=O)Nc1ccc(F)cc1Cl. The number of halogens is 2. The Kier molecular flexibility index (Phi) is 7.27. The molecule has 7 heteroatoms. The van der Waals surface area contributed by atoms with E-state index in [1.807, 2.05) is 6.92 Å². The fourth-order valence-electron chi connectivity index (χ4n) is 1.79. The number of carbonyl (C=O) groups is 2. The van der Waals surface area contributed by atoms with E-state index in [1.54, 1.807) is 14.0 Å². The summed E-state index contributed by atoms with van der Waals surface area (Å²) >= 11 is 5.87. The molecule has 0 spiro atoms. The molecule has 22 heavy (non-hydrogen) atoms. The zero-order valence-corrected chi connectivity index (χ0v) is 13.8. The zero-order chi connectivity index (χ0) is 16.7. The lowest BCUT2D eigenvalue weighted by Gasteiger charge is -2.20. The largest absolute Gasteiger partial charge is 0.351 e. The van der Waals surface area contributed by atoms with Crippen LogP contribution < -0.4 is 15.5 Å². The number of carbonyl (C=O) groups excluding carboxylic acids is 2. The molecule has 2 amide bonds. The van der Waals surface area contributed by atoms with Crippen LogP contribution in [0.25, 0.3) is 0 Å². The quantitative estimate of drug-likeness (QED) is 0.694. The van der Waals surface area contributed by atoms with Crippen molar-refractivity contribution >= 4 is 29.1 Å². The van der Waals surface area contributed by atoms with Gasteiger partial charge in [-0.3, -0.25) is 9.59 Å². The Balaban J connectivity index is 2.58. The van der Waals surface area contributed by atoms with E-state index in [-0.39, 0.29) is 23.4 Å². The normalized spacial score (nSPS) is 13.3. The maximum absolute atomic E-state index is 13.0. The van der Waals surface area contributed by atoms with Crippen LogP contribution in [0.4, 0.5) is 10.1 Å². The van der Waals surface area contributed by atoms with E-state index < -0.39 is 11.9 Å². The minimum Gasteiger partial charge on any atom is -0.351 e. The van der Waals surface area contributed by atoms with Crippen molar-refractivity contribution in [2.24, 2.45) is 0 Å². The third kappa shape index (κ3) is 5.61. The summed E-state index contributed by atoms with van der Waals surface area (Å²) in [6, 6.07) is 3.32. The molecule has 0 radical (unpaired) electrons. The number of quaternary nitrogens is 1. The van der Waals surface area contributed by atoms with Gasteiger partial charge in [-0.2, -0.15) is 0 Å². The first-order valence-corrected chi connectivity index (χ1v) is 7.57. The van der Waals surface area contributed by atoms with E-state index in [1.165, 1.54) is 12.1 Å². The molecule has 0 aromatic heterocycles. The van der Waals surface area contributed by atoms with Gasteiger partial charge in [-0.15, -0.1) is 0 Å². The Labute approximate surface area is 134 Å². The second kappa shape index (κ2) is 8.70. The van der Waals surface area contributed by atoms with Crippen LogP contribution in [0.15, 0.2) is 18.2 Å². The van der Waals surface area contributed by atoms with Crippen LogP contribution in [0.2, 0.25) is 5.02 Å². The minimum atomic E-state index is -0.466. The highest BCUT2D eigenvalue weighted by atomic mass is 35.5. The molecule has 0 saturated carbocycles. The third-order valence-corrected chi connectivity index (χ3v) is 3.65. The van der Waals surface area contributed by atoms with Gasteiger partial charge in [0.05, 0.1) is 17.8 Å². The highest BCUT2D eigenvalue weighted by molar-refractivity contribution is 6.33. The summed E-state index contributed by atoms with van der Waals surface area (Å²) in [6.45, 7) is 4.51. The van der Waals surface area contributed by atoms with Gasteiger partial charge in [-0.25, -0.2) is 4.39 Å². The molecular formula is C15H22ClFN3O2+. The van der Waals surface area contributed by atoms with E-state index in [2.05, 4.69) is 10.6 Å². The summed E-state index contributed by atoms with van der Waals surface area (Å²) in [5.41, 5.74) is 0.350. The van der Waals surface area contributed by atoms with Crippen molar-refractivity contribution in [3.63, 3.8) is 0 Å². The molecular weight excluding hydrogens is 309 g/mol. The molecule has 1 aromatic carbocycles. The summed E-state index contributed by atoms with van der Waals surface area (Å²) in [7, 11) is 1.77. The van der Waals surface area contributed by atoms with Crippen LogP contribution in [-0.2, 0) is 9.59 Å². The number of hydrogen-bond acceptors (Lipinski definition) is 2. The summed E-state index contributed by atoms with van der Waals surface area (Å²) < 4.78 is 13.0. The summed E-state index contributed by atoms with van der Waals surface area (Å²) in [5, 5.41) is 5.55. The van der Waals surface area contributed by atoms with E-state index in [0.29, 0.717) is 12.2 Å². The van der Waals surface area contributed by atoms with Gasteiger partial charge in [0.2, 0.25) is 0 Å². The van der Waals surface area contributed by atoms with E-state index in [0.717, 1.165) is 17.4 Å². The Morgan fingerprint density at radius 2 is 2.09 bits per heavy atom. The van der Waals surface area contributed by atoms with Crippen LogP contribution >= 0.6 is 11.6 Å². The fourth-order valence-corrected chi connectivity index (χ4v) is 2.00. The average Bonchev–Trinajstić information content (AvgIpc) is 2.46. The van der Waals surface area contributed by atoms with Crippen molar-refractivity contribution in [1.29, 1.82) is 0 Å². The van der Waals surface area contributed by atoms with Gasteiger partial charge in [0, 0.05) is 6.54 Å². The van der Waals surface area contributed by atoms with E-state index in [9.17, 15) is 14.0 Å². The molecule has 5 nitrogen and oxygen atoms in total. The molecule has 0 fully saturated rings. The van der Waals surface area contributed by atoms with Crippen molar-refractivity contribution in [2.75, 3.05) is 25.5 Å². The van der Waals surface area contributed by atoms with Crippen LogP contribution in [0, 0.1) is 5.82 Å². The monoisotopic (exact) mass is 330 g/mol. The van der Waals surface area contributed by atoms with Crippen molar-refractivity contribution in [2.45, 2.75) is 26.3 Å². The summed E-state index contributed by atoms with van der Waals surface area (Å²) in [4.78, 5) is 24.6. The van der Waals surface area contributed by atoms with Gasteiger partial charge >= 0.3 is 0 Å². The first-order valence-electron chi connectivity index (χ1n) is 7.20. The van der Waals surface area contributed by atoms with Crippen molar-refractivity contribution in [1.82, 2.24) is 5.32 Å².